The van der Waals surface area contributed by atoms with Crippen LogP contribution in [0.5, 0.6) is 5.75 Å². The average Bonchev–Trinajstić information content (AvgIpc) is 2.78. The summed E-state index contributed by atoms with van der Waals surface area (Å²) in [5.74, 6) is 0.915. The minimum absolute atomic E-state index is 0.0586. The maximum absolute atomic E-state index is 8.87. The van der Waals surface area contributed by atoms with E-state index in [4.69, 9.17) is 9.84 Å². The van der Waals surface area contributed by atoms with Crippen LogP contribution in [0.2, 0.25) is 0 Å². The lowest BCUT2D eigenvalue weighted by Crippen LogP contribution is -2.47. The number of benzene rings is 2. The van der Waals surface area contributed by atoms with Gasteiger partial charge in [-0.2, -0.15) is 0 Å². The van der Waals surface area contributed by atoms with Crippen molar-refractivity contribution in [1.29, 1.82) is 0 Å². The van der Waals surface area contributed by atoms with Crippen molar-refractivity contribution in [2.24, 2.45) is 0 Å². The van der Waals surface area contributed by atoms with Crippen molar-refractivity contribution >= 4 is 11.4 Å². The Hall–Kier alpha value is -2.12. The molecule has 1 fully saturated rings. The summed E-state index contributed by atoms with van der Waals surface area (Å²) in [7, 11) is 0. The number of hydrogen-bond donors (Lipinski definition) is 3. The van der Waals surface area contributed by atoms with Gasteiger partial charge >= 0.3 is 0 Å². The highest BCUT2D eigenvalue weighted by atomic mass is 16.5. The van der Waals surface area contributed by atoms with Crippen molar-refractivity contribution in [3.8, 4) is 5.75 Å². The van der Waals surface area contributed by atoms with Crippen molar-refractivity contribution in [2.75, 3.05) is 64.3 Å². The number of aliphatic hydroxyl groups is 1. The molecule has 1 saturated heterocycles. The number of nitrogens with one attached hydrogen (secondary N) is 2. The number of hydrogen-bond acceptors (Lipinski definition) is 6. The van der Waals surface area contributed by atoms with Gasteiger partial charge < -0.3 is 20.5 Å². The third-order valence-corrected chi connectivity index (χ3v) is 6.77. The van der Waals surface area contributed by atoms with Gasteiger partial charge in [0.2, 0.25) is 0 Å². The minimum Gasteiger partial charge on any atom is -0.494 e. The molecular formula is C26H38N4O2. The Labute approximate surface area is 192 Å². The van der Waals surface area contributed by atoms with Gasteiger partial charge in [-0.05, 0) is 35.7 Å². The van der Waals surface area contributed by atoms with Gasteiger partial charge in [0.05, 0.1) is 13.2 Å². The normalized spacial score (nSPS) is 18.0. The van der Waals surface area contributed by atoms with Gasteiger partial charge in [0.15, 0.2) is 0 Å². The second-order valence-electron chi connectivity index (χ2n) is 9.36. The van der Waals surface area contributed by atoms with E-state index in [9.17, 15) is 0 Å². The first kappa shape index (κ1) is 23.1. The molecule has 6 heteroatoms. The standard InChI is InChI=1S/C26H38N4O2/c1-4-32-21-6-7-22-25(18-21)28-24-8-5-20(17-23(24)26(22,2)3)19-30-14-12-29(13-15-30)11-9-27-10-16-31/h5-8,17-18,27-28,31H,4,9-16,19H2,1-3H3. The molecule has 2 aliphatic rings. The molecule has 0 aromatic heterocycles. The summed E-state index contributed by atoms with van der Waals surface area (Å²) in [6, 6.07) is 13.3. The van der Waals surface area contributed by atoms with E-state index in [1.54, 1.807) is 0 Å². The Balaban J connectivity index is 1.40. The molecule has 2 aromatic rings. The molecule has 0 bridgehead atoms. The number of piperazine rings is 1. The molecule has 2 heterocycles. The van der Waals surface area contributed by atoms with Crippen LogP contribution in [0, 0.1) is 0 Å². The third-order valence-electron chi connectivity index (χ3n) is 6.77. The lowest BCUT2D eigenvalue weighted by molar-refractivity contribution is 0.127. The first-order valence-electron chi connectivity index (χ1n) is 12.0. The van der Waals surface area contributed by atoms with Crippen LogP contribution >= 0.6 is 0 Å². The third kappa shape index (κ3) is 5.09. The summed E-state index contributed by atoms with van der Waals surface area (Å²) in [5, 5.41) is 15.8. The van der Waals surface area contributed by atoms with Gasteiger partial charge in [-0.15, -0.1) is 0 Å². The van der Waals surface area contributed by atoms with Crippen LogP contribution in [-0.2, 0) is 12.0 Å². The van der Waals surface area contributed by atoms with Gasteiger partial charge in [0.25, 0.3) is 0 Å². The molecule has 0 spiro atoms. The highest BCUT2D eigenvalue weighted by Crippen LogP contribution is 2.46. The topological polar surface area (TPSA) is 60.0 Å². The van der Waals surface area contributed by atoms with Crippen LogP contribution < -0.4 is 15.4 Å². The predicted octanol–water partition coefficient (Wildman–Crippen LogP) is 3.17. The van der Waals surface area contributed by atoms with Gasteiger partial charge in [-0.1, -0.05) is 32.0 Å². The Morgan fingerprint density at radius 2 is 1.75 bits per heavy atom. The first-order valence-corrected chi connectivity index (χ1v) is 12.0. The van der Waals surface area contributed by atoms with Gasteiger partial charge in [-0.3, -0.25) is 9.80 Å². The second-order valence-corrected chi connectivity index (χ2v) is 9.36. The van der Waals surface area contributed by atoms with E-state index in [1.165, 1.54) is 22.4 Å². The number of nitrogens with zero attached hydrogens (tertiary/aromatic N) is 2. The number of rotatable bonds is 9. The SMILES string of the molecule is CCOc1ccc2c(c1)Nc1ccc(CN3CCN(CCNCCO)CC3)cc1C2(C)C. The average molecular weight is 439 g/mol. The maximum atomic E-state index is 8.87. The van der Waals surface area contributed by atoms with Crippen LogP contribution in [0.4, 0.5) is 11.4 Å². The van der Waals surface area contributed by atoms with Crippen LogP contribution in [0.3, 0.4) is 0 Å². The summed E-state index contributed by atoms with van der Waals surface area (Å²) in [4.78, 5) is 5.07. The molecule has 0 aliphatic carbocycles. The molecule has 0 amide bonds. The van der Waals surface area contributed by atoms with E-state index in [-0.39, 0.29) is 12.0 Å². The van der Waals surface area contributed by atoms with Gasteiger partial charge in [0, 0.05) is 75.2 Å². The lowest BCUT2D eigenvalue weighted by Gasteiger charge is -2.37. The van der Waals surface area contributed by atoms with Crippen LogP contribution in [0.25, 0.3) is 0 Å². The number of ether oxygens (including phenoxy) is 1. The van der Waals surface area contributed by atoms with E-state index in [2.05, 4.69) is 70.7 Å². The first-order chi connectivity index (χ1) is 15.5. The lowest BCUT2D eigenvalue weighted by atomic mass is 9.74. The molecule has 2 aliphatic heterocycles. The van der Waals surface area contributed by atoms with Crippen LogP contribution in [-0.4, -0.2) is 73.9 Å². The molecule has 3 N–H and O–H groups in total. The highest BCUT2D eigenvalue weighted by Gasteiger charge is 2.33. The van der Waals surface area contributed by atoms with Crippen molar-refractivity contribution in [2.45, 2.75) is 32.7 Å². The molecular weight excluding hydrogens is 400 g/mol. The fraction of sp³-hybridized carbons (Fsp3) is 0.538. The van der Waals surface area contributed by atoms with Gasteiger partial charge in [0.1, 0.15) is 5.75 Å². The zero-order chi connectivity index (χ0) is 22.6. The number of aliphatic hydroxyl groups excluding tert-OH is 1. The molecule has 6 nitrogen and oxygen atoms in total. The van der Waals surface area contributed by atoms with Crippen molar-refractivity contribution < 1.29 is 9.84 Å². The summed E-state index contributed by atoms with van der Waals surface area (Å²) in [6.07, 6.45) is 0. The van der Waals surface area contributed by atoms with Crippen molar-refractivity contribution in [1.82, 2.24) is 15.1 Å². The fourth-order valence-corrected chi connectivity index (χ4v) is 4.90. The zero-order valence-electron chi connectivity index (χ0n) is 19.8. The van der Waals surface area contributed by atoms with E-state index < -0.39 is 0 Å². The Morgan fingerprint density at radius 3 is 2.50 bits per heavy atom. The van der Waals surface area contributed by atoms with Gasteiger partial charge in [-0.25, -0.2) is 0 Å². The largest absolute Gasteiger partial charge is 0.494 e. The Bertz CT molecular complexity index is 907. The van der Waals surface area contributed by atoms with E-state index >= 15 is 0 Å². The quantitative estimate of drug-likeness (QED) is 0.523. The number of anilines is 2. The minimum atomic E-state index is -0.0586. The smallest absolute Gasteiger partial charge is 0.121 e. The van der Waals surface area contributed by atoms with Crippen LogP contribution in [0.1, 0.15) is 37.5 Å². The molecule has 2 aromatic carbocycles. The fourth-order valence-electron chi connectivity index (χ4n) is 4.90. The van der Waals surface area contributed by atoms with Crippen molar-refractivity contribution in [3.63, 3.8) is 0 Å². The Morgan fingerprint density at radius 1 is 0.969 bits per heavy atom. The van der Waals surface area contributed by atoms with E-state index in [0.717, 1.165) is 57.3 Å². The van der Waals surface area contributed by atoms with E-state index in [0.29, 0.717) is 13.2 Å². The molecule has 0 atom stereocenters. The zero-order valence-corrected chi connectivity index (χ0v) is 19.8. The van der Waals surface area contributed by atoms with Crippen LogP contribution in [0.15, 0.2) is 36.4 Å². The molecule has 0 saturated carbocycles. The molecule has 32 heavy (non-hydrogen) atoms. The summed E-state index contributed by atoms with van der Waals surface area (Å²) in [5.41, 5.74) is 6.34. The summed E-state index contributed by atoms with van der Waals surface area (Å²) < 4.78 is 5.71. The molecule has 0 radical (unpaired) electrons. The molecule has 0 unspecified atom stereocenters. The summed E-state index contributed by atoms with van der Waals surface area (Å²) in [6.45, 7) is 15.6. The maximum Gasteiger partial charge on any atom is 0.121 e. The molecule has 4 rings (SSSR count). The predicted molar refractivity (Wildman–Crippen MR) is 131 cm³/mol. The Kier molecular flexibility index (Phi) is 7.36. The second kappa shape index (κ2) is 10.2. The highest BCUT2D eigenvalue weighted by molar-refractivity contribution is 5.76. The monoisotopic (exact) mass is 438 g/mol. The number of fused-ring (bicyclic) bond motifs is 2. The molecule has 174 valence electrons. The van der Waals surface area contributed by atoms with Crippen molar-refractivity contribution in [3.05, 3.63) is 53.1 Å². The van der Waals surface area contributed by atoms with E-state index in [1.807, 2.05) is 6.92 Å². The summed E-state index contributed by atoms with van der Waals surface area (Å²) >= 11 is 0.